The predicted molar refractivity (Wildman–Crippen MR) is 83.7 cm³/mol. The third-order valence-electron chi connectivity index (χ3n) is 3.88. The van der Waals surface area contributed by atoms with Crippen molar-refractivity contribution in [1.82, 2.24) is 10.2 Å². The fraction of sp³-hybridized carbons (Fsp3) is 0.647. The predicted octanol–water partition coefficient (Wildman–Crippen LogP) is 2.80. The molecule has 0 saturated heterocycles. The van der Waals surface area contributed by atoms with Crippen molar-refractivity contribution in [3.63, 3.8) is 0 Å². The van der Waals surface area contributed by atoms with Crippen LogP contribution in [0.3, 0.4) is 0 Å². The molecule has 0 radical (unpaired) electrons. The zero-order valence-electron chi connectivity index (χ0n) is 12.9. The Labute approximate surface area is 123 Å². The zero-order valence-corrected chi connectivity index (χ0v) is 12.9. The van der Waals surface area contributed by atoms with E-state index in [0.717, 1.165) is 38.8 Å². The molecule has 1 N–H and O–H groups in total. The SMILES string of the molecule is CCCNCc1ccccc1CN(CCOC)C1CC1. The largest absolute Gasteiger partial charge is 0.383 e. The van der Waals surface area contributed by atoms with Crippen LogP contribution in [0.15, 0.2) is 24.3 Å². The normalized spacial score (nSPS) is 14.9. The first kappa shape index (κ1) is 15.5. The first-order valence-corrected chi connectivity index (χ1v) is 7.85. The molecular weight excluding hydrogens is 248 g/mol. The van der Waals surface area contributed by atoms with Gasteiger partial charge in [0.05, 0.1) is 6.61 Å². The lowest BCUT2D eigenvalue weighted by atomic mass is 10.1. The molecule has 2 rings (SSSR count). The van der Waals surface area contributed by atoms with E-state index in [1.54, 1.807) is 7.11 Å². The average Bonchev–Trinajstić information content (AvgIpc) is 3.30. The highest BCUT2D eigenvalue weighted by molar-refractivity contribution is 5.27. The Morgan fingerprint density at radius 1 is 1.25 bits per heavy atom. The van der Waals surface area contributed by atoms with Crippen molar-refractivity contribution in [2.75, 3.05) is 26.8 Å². The number of rotatable bonds is 10. The van der Waals surface area contributed by atoms with E-state index in [9.17, 15) is 0 Å². The van der Waals surface area contributed by atoms with E-state index < -0.39 is 0 Å². The fourth-order valence-corrected chi connectivity index (χ4v) is 2.54. The van der Waals surface area contributed by atoms with E-state index in [1.807, 2.05) is 0 Å². The summed E-state index contributed by atoms with van der Waals surface area (Å²) in [5.74, 6) is 0. The summed E-state index contributed by atoms with van der Waals surface area (Å²) in [6.07, 6.45) is 3.88. The van der Waals surface area contributed by atoms with Gasteiger partial charge in [-0.25, -0.2) is 0 Å². The second-order valence-corrected chi connectivity index (χ2v) is 5.64. The minimum Gasteiger partial charge on any atom is -0.383 e. The molecule has 0 heterocycles. The zero-order chi connectivity index (χ0) is 14.2. The molecule has 1 saturated carbocycles. The molecule has 0 aliphatic heterocycles. The van der Waals surface area contributed by atoms with Crippen LogP contribution in [0.5, 0.6) is 0 Å². The van der Waals surface area contributed by atoms with Crippen LogP contribution in [0.25, 0.3) is 0 Å². The fourth-order valence-electron chi connectivity index (χ4n) is 2.54. The lowest BCUT2D eigenvalue weighted by molar-refractivity contribution is 0.139. The van der Waals surface area contributed by atoms with Gasteiger partial charge in [0.2, 0.25) is 0 Å². The lowest BCUT2D eigenvalue weighted by Gasteiger charge is -2.23. The molecule has 112 valence electrons. The molecule has 1 aromatic carbocycles. The van der Waals surface area contributed by atoms with Gasteiger partial charge < -0.3 is 10.1 Å². The van der Waals surface area contributed by atoms with Crippen molar-refractivity contribution in [2.45, 2.75) is 45.3 Å². The molecule has 0 amide bonds. The molecule has 0 spiro atoms. The van der Waals surface area contributed by atoms with Crippen molar-refractivity contribution in [3.05, 3.63) is 35.4 Å². The maximum absolute atomic E-state index is 5.24. The van der Waals surface area contributed by atoms with Crippen LogP contribution in [0.1, 0.15) is 37.3 Å². The van der Waals surface area contributed by atoms with Crippen molar-refractivity contribution in [3.8, 4) is 0 Å². The molecule has 3 nitrogen and oxygen atoms in total. The van der Waals surface area contributed by atoms with E-state index in [-0.39, 0.29) is 0 Å². The van der Waals surface area contributed by atoms with Gasteiger partial charge in [-0.05, 0) is 36.9 Å². The summed E-state index contributed by atoms with van der Waals surface area (Å²) in [5.41, 5.74) is 2.89. The summed E-state index contributed by atoms with van der Waals surface area (Å²) in [4.78, 5) is 2.57. The van der Waals surface area contributed by atoms with E-state index in [1.165, 1.54) is 30.4 Å². The summed E-state index contributed by atoms with van der Waals surface area (Å²) in [6, 6.07) is 9.59. The summed E-state index contributed by atoms with van der Waals surface area (Å²) in [7, 11) is 1.79. The van der Waals surface area contributed by atoms with Crippen LogP contribution >= 0.6 is 0 Å². The summed E-state index contributed by atoms with van der Waals surface area (Å²) >= 11 is 0. The molecule has 3 heteroatoms. The van der Waals surface area contributed by atoms with Gasteiger partial charge in [0, 0.05) is 32.8 Å². The van der Waals surface area contributed by atoms with Crippen molar-refractivity contribution in [2.24, 2.45) is 0 Å². The van der Waals surface area contributed by atoms with E-state index in [4.69, 9.17) is 4.74 Å². The molecule has 1 aliphatic rings. The first-order valence-electron chi connectivity index (χ1n) is 7.85. The molecule has 0 unspecified atom stereocenters. The molecule has 0 atom stereocenters. The maximum atomic E-state index is 5.24. The Morgan fingerprint density at radius 2 is 2.00 bits per heavy atom. The number of hydrogen-bond acceptors (Lipinski definition) is 3. The van der Waals surface area contributed by atoms with Crippen LogP contribution < -0.4 is 5.32 Å². The van der Waals surface area contributed by atoms with Gasteiger partial charge in [0.25, 0.3) is 0 Å². The first-order chi connectivity index (χ1) is 9.85. The number of benzene rings is 1. The van der Waals surface area contributed by atoms with Gasteiger partial charge in [0.15, 0.2) is 0 Å². The smallest absolute Gasteiger partial charge is 0.0589 e. The van der Waals surface area contributed by atoms with Crippen LogP contribution in [0.2, 0.25) is 0 Å². The van der Waals surface area contributed by atoms with Crippen LogP contribution in [-0.4, -0.2) is 37.7 Å². The molecule has 0 bridgehead atoms. The van der Waals surface area contributed by atoms with Crippen LogP contribution in [0, 0.1) is 0 Å². The summed E-state index contributed by atoms with van der Waals surface area (Å²) in [6.45, 7) is 7.19. The second kappa shape index (κ2) is 8.40. The lowest BCUT2D eigenvalue weighted by Crippen LogP contribution is -2.30. The number of methoxy groups -OCH3 is 1. The van der Waals surface area contributed by atoms with Crippen molar-refractivity contribution in [1.29, 1.82) is 0 Å². The van der Waals surface area contributed by atoms with Gasteiger partial charge in [0.1, 0.15) is 0 Å². The van der Waals surface area contributed by atoms with E-state index in [2.05, 4.69) is 41.4 Å². The van der Waals surface area contributed by atoms with Gasteiger partial charge in [-0.15, -0.1) is 0 Å². The molecule has 1 aromatic rings. The molecule has 0 aromatic heterocycles. The minimum atomic E-state index is 0.779. The van der Waals surface area contributed by atoms with Crippen LogP contribution in [0.4, 0.5) is 0 Å². The average molecular weight is 276 g/mol. The standard InChI is InChI=1S/C17H28N2O/c1-3-10-18-13-15-6-4-5-7-16(15)14-19(11-12-20-2)17-8-9-17/h4-7,17-18H,3,8-14H2,1-2H3. The monoisotopic (exact) mass is 276 g/mol. The Kier molecular flexibility index (Phi) is 6.51. The Morgan fingerprint density at radius 3 is 2.65 bits per heavy atom. The molecule has 1 fully saturated rings. The summed E-state index contributed by atoms with van der Waals surface area (Å²) in [5, 5.41) is 3.51. The van der Waals surface area contributed by atoms with Crippen molar-refractivity contribution < 1.29 is 4.74 Å². The second-order valence-electron chi connectivity index (χ2n) is 5.64. The third-order valence-corrected chi connectivity index (χ3v) is 3.88. The third kappa shape index (κ3) is 4.89. The van der Waals surface area contributed by atoms with Gasteiger partial charge >= 0.3 is 0 Å². The molecular formula is C17H28N2O. The van der Waals surface area contributed by atoms with E-state index in [0.29, 0.717) is 0 Å². The minimum absolute atomic E-state index is 0.779. The number of ether oxygens (including phenoxy) is 1. The highest BCUT2D eigenvalue weighted by Crippen LogP contribution is 2.28. The number of hydrogen-bond donors (Lipinski definition) is 1. The number of nitrogens with one attached hydrogen (secondary N) is 1. The Bertz CT molecular complexity index is 390. The topological polar surface area (TPSA) is 24.5 Å². The van der Waals surface area contributed by atoms with Crippen molar-refractivity contribution >= 4 is 0 Å². The molecule has 20 heavy (non-hydrogen) atoms. The maximum Gasteiger partial charge on any atom is 0.0589 e. The van der Waals surface area contributed by atoms with Crippen LogP contribution in [-0.2, 0) is 17.8 Å². The Hall–Kier alpha value is -0.900. The van der Waals surface area contributed by atoms with Gasteiger partial charge in [-0.1, -0.05) is 31.2 Å². The van der Waals surface area contributed by atoms with Gasteiger partial charge in [-0.2, -0.15) is 0 Å². The highest BCUT2D eigenvalue weighted by atomic mass is 16.5. The summed E-state index contributed by atoms with van der Waals surface area (Å²) < 4.78 is 5.24. The highest BCUT2D eigenvalue weighted by Gasteiger charge is 2.28. The molecule has 1 aliphatic carbocycles. The number of nitrogens with zero attached hydrogens (tertiary/aromatic N) is 1. The Balaban J connectivity index is 1.95. The van der Waals surface area contributed by atoms with E-state index >= 15 is 0 Å². The van der Waals surface area contributed by atoms with Gasteiger partial charge in [-0.3, -0.25) is 4.90 Å². The quantitative estimate of drug-likeness (QED) is 0.665.